The topological polar surface area (TPSA) is 101 Å². The van der Waals surface area contributed by atoms with Crippen molar-refractivity contribution in [2.24, 2.45) is 0 Å². The quantitative estimate of drug-likeness (QED) is 0.397. The lowest BCUT2D eigenvalue weighted by molar-refractivity contribution is 0.102. The van der Waals surface area contributed by atoms with Crippen LogP contribution in [-0.2, 0) is 0 Å². The van der Waals surface area contributed by atoms with Crippen LogP contribution in [0.2, 0.25) is 0 Å². The van der Waals surface area contributed by atoms with Gasteiger partial charge in [0.2, 0.25) is 11.6 Å². The van der Waals surface area contributed by atoms with E-state index in [1.807, 2.05) is 0 Å². The first-order valence-corrected chi connectivity index (χ1v) is 10.3. The van der Waals surface area contributed by atoms with Crippen molar-refractivity contribution in [2.75, 3.05) is 40.9 Å². The van der Waals surface area contributed by atoms with Crippen molar-refractivity contribution in [3.05, 3.63) is 54.1 Å². The average molecular weight is 464 g/mol. The summed E-state index contributed by atoms with van der Waals surface area (Å²) in [4.78, 5) is 17.3. The number of fused-ring (bicyclic) bond motifs is 1. The Hall–Kier alpha value is -4.40. The molecule has 4 rings (SSSR count). The van der Waals surface area contributed by atoms with Gasteiger partial charge in [-0.05, 0) is 48.5 Å². The highest BCUT2D eigenvalue weighted by molar-refractivity contribution is 6.05. The third kappa shape index (κ3) is 4.27. The number of oxazole rings is 1. The van der Waals surface area contributed by atoms with Gasteiger partial charge in [-0.25, -0.2) is 4.98 Å². The number of carbonyl (C=O) groups excluding carboxylic acids is 1. The summed E-state index contributed by atoms with van der Waals surface area (Å²) in [5, 5.41) is 2.87. The minimum Gasteiger partial charge on any atom is -0.493 e. The van der Waals surface area contributed by atoms with Gasteiger partial charge in [0.05, 0.1) is 35.5 Å². The van der Waals surface area contributed by atoms with Crippen LogP contribution in [0.5, 0.6) is 28.7 Å². The normalized spacial score (nSPS) is 10.6. The number of aromatic nitrogens is 1. The Morgan fingerprint density at radius 3 is 2.06 bits per heavy atom. The van der Waals surface area contributed by atoms with Crippen LogP contribution < -0.4 is 29.0 Å². The summed E-state index contributed by atoms with van der Waals surface area (Å²) in [5.41, 5.74) is 2.79. The minimum atomic E-state index is -0.298. The van der Waals surface area contributed by atoms with Crippen molar-refractivity contribution in [3.8, 4) is 40.2 Å². The Balaban J connectivity index is 1.63. The lowest BCUT2D eigenvalue weighted by Crippen LogP contribution is -2.12. The van der Waals surface area contributed by atoms with E-state index in [1.165, 1.54) is 21.3 Å². The summed E-state index contributed by atoms with van der Waals surface area (Å²) >= 11 is 0. The molecule has 3 aromatic carbocycles. The van der Waals surface area contributed by atoms with Crippen molar-refractivity contribution in [2.45, 2.75) is 0 Å². The van der Waals surface area contributed by atoms with Crippen molar-refractivity contribution >= 4 is 22.7 Å². The van der Waals surface area contributed by atoms with Crippen LogP contribution in [0.4, 0.5) is 5.69 Å². The molecule has 4 aromatic rings. The Morgan fingerprint density at radius 2 is 1.44 bits per heavy atom. The molecular formula is C25H24N2O7. The van der Waals surface area contributed by atoms with E-state index in [0.717, 1.165) is 0 Å². The van der Waals surface area contributed by atoms with Gasteiger partial charge < -0.3 is 33.4 Å². The summed E-state index contributed by atoms with van der Waals surface area (Å²) < 4.78 is 32.6. The molecule has 1 aromatic heterocycles. The molecule has 0 bridgehead atoms. The summed E-state index contributed by atoms with van der Waals surface area (Å²) in [6.07, 6.45) is 0. The Bertz CT molecular complexity index is 1320. The third-order valence-electron chi connectivity index (χ3n) is 5.20. The van der Waals surface area contributed by atoms with E-state index in [0.29, 0.717) is 62.6 Å². The first-order valence-electron chi connectivity index (χ1n) is 10.3. The maximum absolute atomic E-state index is 12.8. The number of nitrogens with one attached hydrogen (secondary N) is 1. The van der Waals surface area contributed by atoms with Gasteiger partial charge >= 0.3 is 0 Å². The number of benzene rings is 3. The Labute approximate surface area is 196 Å². The average Bonchev–Trinajstić information content (AvgIpc) is 3.30. The third-order valence-corrected chi connectivity index (χ3v) is 5.20. The van der Waals surface area contributed by atoms with E-state index in [-0.39, 0.29) is 5.91 Å². The molecule has 1 amide bonds. The number of hydrogen-bond donors (Lipinski definition) is 1. The van der Waals surface area contributed by atoms with Crippen molar-refractivity contribution in [3.63, 3.8) is 0 Å². The predicted octanol–water partition coefficient (Wildman–Crippen LogP) is 4.79. The highest BCUT2D eigenvalue weighted by atomic mass is 16.5. The number of carbonyl (C=O) groups is 1. The molecule has 176 valence electrons. The van der Waals surface area contributed by atoms with E-state index in [4.69, 9.17) is 28.1 Å². The second-order valence-corrected chi connectivity index (χ2v) is 7.14. The fraction of sp³-hybridized carbons (Fsp3) is 0.200. The van der Waals surface area contributed by atoms with Crippen LogP contribution in [0.15, 0.2) is 52.9 Å². The number of amides is 1. The monoisotopic (exact) mass is 464 g/mol. The molecule has 0 saturated heterocycles. The number of methoxy groups -OCH3 is 5. The number of hydrogen-bond acceptors (Lipinski definition) is 8. The van der Waals surface area contributed by atoms with Crippen LogP contribution in [0, 0.1) is 0 Å². The lowest BCUT2D eigenvalue weighted by atomic mass is 10.1. The standard InChI is InChI=1S/C25H24N2O7/c1-29-19-8-6-14(10-20(19)30-2)24(28)26-16-7-9-18-17(13-16)27-25(34-18)15-11-21(31-3)23(33-5)22(12-15)32-4/h6-13H,1-5H3,(H,26,28). The molecule has 1 N–H and O–H groups in total. The summed E-state index contributed by atoms with van der Waals surface area (Å²) in [5.74, 6) is 2.54. The number of ether oxygens (including phenoxy) is 5. The molecule has 9 heteroatoms. The summed E-state index contributed by atoms with van der Waals surface area (Å²) in [6.45, 7) is 0. The van der Waals surface area contributed by atoms with Gasteiger partial charge in [-0.1, -0.05) is 0 Å². The molecule has 0 fully saturated rings. The van der Waals surface area contributed by atoms with Crippen LogP contribution >= 0.6 is 0 Å². The molecule has 0 aliphatic carbocycles. The smallest absolute Gasteiger partial charge is 0.255 e. The van der Waals surface area contributed by atoms with Gasteiger partial charge in [0.1, 0.15) is 5.52 Å². The van der Waals surface area contributed by atoms with Crippen LogP contribution in [0.3, 0.4) is 0 Å². The van der Waals surface area contributed by atoms with Gasteiger partial charge in [-0.15, -0.1) is 0 Å². The molecule has 0 unspecified atom stereocenters. The van der Waals surface area contributed by atoms with Gasteiger partial charge in [-0.3, -0.25) is 4.79 Å². The number of anilines is 1. The van der Waals surface area contributed by atoms with E-state index in [1.54, 1.807) is 62.8 Å². The molecule has 0 atom stereocenters. The zero-order valence-corrected chi connectivity index (χ0v) is 19.4. The highest BCUT2D eigenvalue weighted by Crippen LogP contribution is 2.41. The number of rotatable bonds is 8. The molecule has 0 spiro atoms. The molecule has 0 saturated carbocycles. The predicted molar refractivity (Wildman–Crippen MR) is 127 cm³/mol. The summed E-state index contributed by atoms with van der Waals surface area (Å²) in [6, 6.07) is 13.7. The fourth-order valence-electron chi connectivity index (χ4n) is 3.51. The molecule has 9 nitrogen and oxygen atoms in total. The van der Waals surface area contributed by atoms with Crippen LogP contribution in [0.1, 0.15) is 10.4 Å². The second-order valence-electron chi connectivity index (χ2n) is 7.14. The first kappa shape index (κ1) is 22.8. The lowest BCUT2D eigenvalue weighted by Gasteiger charge is -2.12. The first-order chi connectivity index (χ1) is 16.5. The zero-order chi connectivity index (χ0) is 24.2. The number of nitrogens with zero attached hydrogens (tertiary/aromatic N) is 1. The Morgan fingerprint density at radius 1 is 0.765 bits per heavy atom. The van der Waals surface area contributed by atoms with Gasteiger partial charge in [0, 0.05) is 16.8 Å². The van der Waals surface area contributed by atoms with Gasteiger partial charge in [0.25, 0.3) is 5.91 Å². The largest absolute Gasteiger partial charge is 0.493 e. The van der Waals surface area contributed by atoms with E-state index in [2.05, 4.69) is 10.3 Å². The second kappa shape index (κ2) is 9.62. The van der Waals surface area contributed by atoms with Crippen molar-refractivity contribution in [1.29, 1.82) is 0 Å². The minimum absolute atomic E-state index is 0.298. The maximum atomic E-state index is 12.8. The molecule has 0 aliphatic heterocycles. The molecule has 0 aliphatic rings. The van der Waals surface area contributed by atoms with E-state index >= 15 is 0 Å². The highest BCUT2D eigenvalue weighted by Gasteiger charge is 2.18. The van der Waals surface area contributed by atoms with Crippen molar-refractivity contribution in [1.82, 2.24) is 4.98 Å². The van der Waals surface area contributed by atoms with Gasteiger partial charge in [0.15, 0.2) is 28.6 Å². The zero-order valence-electron chi connectivity index (χ0n) is 19.4. The Kier molecular flexibility index (Phi) is 6.44. The summed E-state index contributed by atoms with van der Waals surface area (Å²) in [7, 11) is 7.68. The van der Waals surface area contributed by atoms with E-state index < -0.39 is 0 Å². The van der Waals surface area contributed by atoms with Gasteiger partial charge in [-0.2, -0.15) is 0 Å². The fourth-order valence-corrected chi connectivity index (χ4v) is 3.51. The van der Waals surface area contributed by atoms with Crippen LogP contribution in [-0.4, -0.2) is 46.4 Å². The SMILES string of the molecule is COc1ccc(C(=O)Nc2ccc3oc(-c4cc(OC)c(OC)c(OC)c4)nc3c2)cc1OC. The van der Waals surface area contributed by atoms with Crippen LogP contribution in [0.25, 0.3) is 22.6 Å². The molecule has 1 heterocycles. The molecular weight excluding hydrogens is 440 g/mol. The molecule has 0 radical (unpaired) electrons. The molecule has 34 heavy (non-hydrogen) atoms. The maximum Gasteiger partial charge on any atom is 0.255 e. The van der Waals surface area contributed by atoms with Crippen molar-refractivity contribution < 1.29 is 32.9 Å². The van der Waals surface area contributed by atoms with E-state index in [9.17, 15) is 4.79 Å².